The van der Waals surface area contributed by atoms with Gasteiger partial charge in [-0.15, -0.1) is 11.3 Å². The van der Waals surface area contributed by atoms with E-state index in [0.717, 1.165) is 31.2 Å². The second-order valence-electron chi connectivity index (χ2n) is 7.87. The van der Waals surface area contributed by atoms with Gasteiger partial charge >= 0.3 is 5.97 Å². The van der Waals surface area contributed by atoms with Crippen molar-refractivity contribution < 1.29 is 14.3 Å². The van der Waals surface area contributed by atoms with Crippen molar-refractivity contribution in [2.75, 3.05) is 13.7 Å². The third-order valence-corrected chi connectivity index (χ3v) is 6.94. The average Bonchev–Trinajstić information content (AvgIpc) is 3.27. The Hall–Kier alpha value is -2.48. The van der Waals surface area contributed by atoms with Gasteiger partial charge in [0.2, 0.25) is 5.82 Å². The SMILES string of the molecule is COC(=O)C1=CCC(C)(CNC(=O)c2nc3sc4c(c3c(=O)[nH]2)CCC4)CC1. The molecule has 0 aromatic carbocycles. The van der Waals surface area contributed by atoms with E-state index in [1.807, 2.05) is 6.08 Å². The normalized spacial score (nSPS) is 21.3. The molecule has 2 N–H and O–H groups in total. The fourth-order valence-corrected chi connectivity index (χ4v) is 5.24. The summed E-state index contributed by atoms with van der Waals surface area (Å²) in [5.41, 5.74) is 1.41. The van der Waals surface area contributed by atoms with Crippen molar-refractivity contribution in [3.8, 4) is 0 Å². The summed E-state index contributed by atoms with van der Waals surface area (Å²) in [6.07, 6.45) is 6.93. The maximum Gasteiger partial charge on any atom is 0.333 e. The maximum atomic E-state index is 12.6. The Morgan fingerprint density at radius 3 is 2.89 bits per heavy atom. The first-order chi connectivity index (χ1) is 13.4. The second kappa shape index (κ2) is 7.16. The molecule has 0 saturated carbocycles. The lowest BCUT2D eigenvalue weighted by atomic mass is 9.76. The number of nitrogens with one attached hydrogen (secondary N) is 2. The summed E-state index contributed by atoms with van der Waals surface area (Å²) in [4.78, 5) is 45.6. The van der Waals surface area contributed by atoms with Gasteiger partial charge in [0.15, 0.2) is 0 Å². The number of amides is 1. The highest BCUT2D eigenvalue weighted by molar-refractivity contribution is 7.18. The van der Waals surface area contributed by atoms with Crippen LogP contribution in [-0.4, -0.2) is 35.5 Å². The number of rotatable bonds is 4. The van der Waals surface area contributed by atoms with Crippen LogP contribution in [0.25, 0.3) is 10.2 Å². The molecule has 1 atom stereocenters. The molecule has 2 aromatic heterocycles. The number of hydrogen-bond donors (Lipinski definition) is 2. The molecule has 1 amide bonds. The number of H-pyrrole nitrogens is 1. The van der Waals surface area contributed by atoms with Crippen LogP contribution in [0.15, 0.2) is 16.4 Å². The van der Waals surface area contributed by atoms with E-state index in [1.54, 1.807) is 0 Å². The van der Waals surface area contributed by atoms with Gasteiger partial charge in [-0.3, -0.25) is 9.59 Å². The molecule has 4 rings (SSSR count). The Labute approximate surface area is 166 Å². The molecular formula is C20H23N3O4S. The molecule has 148 valence electrons. The highest BCUT2D eigenvalue weighted by atomic mass is 32.1. The molecule has 2 heterocycles. The van der Waals surface area contributed by atoms with E-state index in [9.17, 15) is 14.4 Å². The summed E-state index contributed by atoms with van der Waals surface area (Å²) >= 11 is 1.52. The minimum atomic E-state index is -0.378. The number of ether oxygens (including phenoxy) is 1. The lowest BCUT2D eigenvalue weighted by Gasteiger charge is -2.32. The number of carbonyl (C=O) groups excluding carboxylic acids is 2. The molecule has 0 fully saturated rings. The van der Waals surface area contributed by atoms with Gasteiger partial charge in [-0.05, 0) is 49.5 Å². The van der Waals surface area contributed by atoms with Crippen LogP contribution < -0.4 is 10.9 Å². The van der Waals surface area contributed by atoms with E-state index in [2.05, 4.69) is 22.2 Å². The first-order valence-corrected chi connectivity index (χ1v) is 10.3. The largest absolute Gasteiger partial charge is 0.466 e. The molecule has 1 unspecified atom stereocenters. The van der Waals surface area contributed by atoms with Gasteiger partial charge in [-0.25, -0.2) is 9.78 Å². The van der Waals surface area contributed by atoms with Gasteiger partial charge in [-0.2, -0.15) is 0 Å². The first kappa shape index (κ1) is 18.9. The molecule has 0 aliphatic heterocycles. The van der Waals surface area contributed by atoms with Crippen LogP contribution in [0.5, 0.6) is 0 Å². The quantitative estimate of drug-likeness (QED) is 0.767. The molecule has 8 heteroatoms. The summed E-state index contributed by atoms with van der Waals surface area (Å²) < 4.78 is 4.76. The maximum absolute atomic E-state index is 12.6. The lowest BCUT2D eigenvalue weighted by Crippen LogP contribution is -2.38. The van der Waals surface area contributed by atoms with Gasteiger partial charge in [0.1, 0.15) is 4.83 Å². The average molecular weight is 401 g/mol. The Kier molecular flexibility index (Phi) is 4.82. The van der Waals surface area contributed by atoms with E-state index >= 15 is 0 Å². The van der Waals surface area contributed by atoms with E-state index in [0.29, 0.717) is 35.2 Å². The Morgan fingerprint density at radius 1 is 1.36 bits per heavy atom. The predicted molar refractivity (Wildman–Crippen MR) is 107 cm³/mol. The Balaban J connectivity index is 1.47. The smallest absolute Gasteiger partial charge is 0.333 e. The van der Waals surface area contributed by atoms with Crippen LogP contribution in [-0.2, 0) is 22.4 Å². The zero-order chi connectivity index (χ0) is 19.9. The van der Waals surface area contributed by atoms with Crippen LogP contribution in [0.3, 0.4) is 0 Å². The molecule has 28 heavy (non-hydrogen) atoms. The topological polar surface area (TPSA) is 101 Å². The second-order valence-corrected chi connectivity index (χ2v) is 8.95. The fourth-order valence-electron chi connectivity index (χ4n) is 3.97. The predicted octanol–water partition coefficient (Wildman–Crippen LogP) is 2.49. The Bertz CT molecular complexity index is 1050. The number of aryl methyl sites for hydroxylation is 2. The number of aromatic amines is 1. The van der Waals surface area contributed by atoms with Gasteiger partial charge in [-0.1, -0.05) is 13.0 Å². The van der Waals surface area contributed by atoms with Crippen LogP contribution in [0, 0.1) is 5.41 Å². The third kappa shape index (κ3) is 3.37. The zero-order valence-electron chi connectivity index (χ0n) is 16.0. The first-order valence-electron chi connectivity index (χ1n) is 9.50. The number of fused-ring (bicyclic) bond motifs is 3. The Morgan fingerprint density at radius 2 is 2.18 bits per heavy atom. The number of hydrogen-bond acceptors (Lipinski definition) is 6. The standard InChI is InChI=1S/C20H23N3O4S/c1-20(8-6-11(7-9-20)19(26)27-2)10-21-17(25)15-22-16(24)14-12-4-3-5-13(12)28-18(14)23-15/h6H,3-5,7-10H2,1-2H3,(H,21,25)(H,22,23,24). The number of methoxy groups -OCH3 is 1. The number of nitrogens with zero attached hydrogens (tertiary/aromatic N) is 1. The van der Waals surface area contributed by atoms with Crippen LogP contribution >= 0.6 is 11.3 Å². The minimum Gasteiger partial charge on any atom is -0.466 e. The van der Waals surface area contributed by atoms with Crippen molar-refractivity contribution >= 4 is 33.4 Å². The van der Waals surface area contributed by atoms with Crippen molar-refractivity contribution in [3.63, 3.8) is 0 Å². The van der Waals surface area contributed by atoms with Crippen LogP contribution in [0.2, 0.25) is 0 Å². The summed E-state index contributed by atoms with van der Waals surface area (Å²) in [5.74, 6) is -0.608. The molecule has 0 spiro atoms. The van der Waals surface area contributed by atoms with Crippen molar-refractivity contribution in [1.29, 1.82) is 0 Å². The molecule has 2 aromatic rings. The van der Waals surface area contributed by atoms with Gasteiger partial charge < -0.3 is 15.0 Å². The molecule has 2 aliphatic carbocycles. The molecule has 0 radical (unpaired) electrons. The van der Waals surface area contributed by atoms with Crippen molar-refractivity contribution in [3.05, 3.63) is 38.3 Å². The van der Waals surface area contributed by atoms with Crippen LogP contribution in [0.1, 0.15) is 53.7 Å². The highest BCUT2D eigenvalue weighted by Gasteiger charge is 2.30. The summed E-state index contributed by atoms with van der Waals surface area (Å²) in [7, 11) is 1.38. The van der Waals surface area contributed by atoms with Crippen LogP contribution in [0.4, 0.5) is 0 Å². The van der Waals surface area contributed by atoms with E-state index in [4.69, 9.17) is 4.74 Å². The molecular weight excluding hydrogens is 378 g/mol. The number of allylic oxidation sites excluding steroid dienone is 1. The number of esters is 1. The molecule has 7 nitrogen and oxygen atoms in total. The highest BCUT2D eigenvalue weighted by Crippen LogP contribution is 2.35. The monoisotopic (exact) mass is 401 g/mol. The van der Waals surface area contributed by atoms with E-state index in [1.165, 1.54) is 23.3 Å². The van der Waals surface area contributed by atoms with Crippen molar-refractivity contribution in [1.82, 2.24) is 15.3 Å². The zero-order valence-corrected chi connectivity index (χ0v) is 16.8. The van der Waals surface area contributed by atoms with E-state index < -0.39 is 0 Å². The van der Waals surface area contributed by atoms with Crippen molar-refractivity contribution in [2.24, 2.45) is 5.41 Å². The summed E-state index contributed by atoms with van der Waals surface area (Å²) in [6.45, 7) is 2.51. The van der Waals surface area contributed by atoms with Gasteiger partial charge in [0, 0.05) is 17.0 Å². The van der Waals surface area contributed by atoms with Gasteiger partial charge in [0.05, 0.1) is 12.5 Å². The minimum absolute atomic E-state index is 0.0580. The fraction of sp³-hybridized carbons (Fsp3) is 0.500. The summed E-state index contributed by atoms with van der Waals surface area (Å²) in [5, 5.41) is 3.54. The number of carbonyl (C=O) groups is 2. The number of aromatic nitrogens is 2. The molecule has 0 bridgehead atoms. The third-order valence-electron chi connectivity index (χ3n) is 5.75. The molecule has 0 saturated heterocycles. The molecule has 2 aliphatic rings. The number of thiophene rings is 1. The summed E-state index contributed by atoms with van der Waals surface area (Å²) in [6, 6.07) is 0. The van der Waals surface area contributed by atoms with Crippen molar-refractivity contribution in [2.45, 2.75) is 45.4 Å². The lowest BCUT2D eigenvalue weighted by molar-refractivity contribution is -0.136. The van der Waals surface area contributed by atoms with E-state index in [-0.39, 0.29) is 28.7 Å². The van der Waals surface area contributed by atoms with Gasteiger partial charge in [0.25, 0.3) is 11.5 Å².